The van der Waals surface area contributed by atoms with Crippen LogP contribution >= 0.6 is 0 Å². The van der Waals surface area contributed by atoms with E-state index in [9.17, 15) is 4.79 Å². The molecule has 0 spiro atoms. The van der Waals surface area contributed by atoms with Gasteiger partial charge >= 0.3 is 0 Å². The maximum Gasteiger partial charge on any atom is 0.149 e. The van der Waals surface area contributed by atoms with Crippen molar-refractivity contribution in [1.82, 2.24) is 4.90 Å². The first kappa shape index (κ1) is 12.7. The van der Waals surface area contributed by atoms with Crippen molar-refractivity contribution < 1.29 is 4.79 Å². The van der Waals surface area contributed by atoms with Crippen LogP contribution in [0.4, 0.5) is 0 Å². The second-order valence-corrected chi connectivity index (χ2v) is 5.91. The van der Waals surface area contributed by atoms with E-state index in [2.05, 4.69) is 18.7 Å². The van der Waals surface area contributed by atoms with Crippen molar-refractivity contribution >= 4 is 5.78 Å². The van der Waals surface area contributed by atoms with Gasteiger partial charge in [0.1, 0.15) is 5.78 Å². The molecule has 0 unspecified atom stereocenters. The molecule has 1 heterocycles. The Kier molecular flexibility index (Phi) is 4.32. The molecule has 1 aliphatic rings. The van der Waals surface area contributed by atoms with Gasteiger partial charge in [0.25, 0.3) is 0 Å². The highest BCUT2D eigenvalue weighted by Crippen LogP contribution is 2.29. The summed E-state index contributed by atoms with van der Waals surface area (Å²) in [5.74, 6) is 0.566. The number of hydrogen-bond acceptors (Lipinski definition) is 2. The molecule has 0 aromatic heterocycles. The van der Waals surface area contributed by atoms with Crippen LogP contribution in [0.2, 0.25) is 0 Å². The number of ketones is 1. The second kappa shape index (κ2) is 5.11. The van der Waals surface area contributed by atoms with E-state index in [0.29, 0.717) is 17.7 Å². The number of likely N-dealkylation sites (tertiary alicyclic amines) is 1. The van der Waals surface area contributed by atoms with Gasteiger partial charge in [-0.15, -0.1) is 0 Å². The monoisotopic (exact) mass is 211 g/mol. The fourth-order valence-electron chi connectivity index (χ4n) is 2.04. The molecule has 88 valence electrons. The minimum atomic E-state index is 0.182. The smallest absolute Gasteiger partial charge is 0.149 e. The molecule has 0 aliphatic carbocycles. The first-order valence-corrected chi connectivity index (χ1v) is 6.16. The summed E-state index contributed by atoms with van der Waals surface area (Å²) < 4.78 is 0. The van der Waals surface area contributed by atoms with Gasteiger partial charge in [-0.25, -0.2) is 0 Å². The van der Waals surface area contributed by atoms with E-state index in [1.165, 1.54) is 19.3 Å². The summed E-state index contributed by atoms with van der Waals surface area (Å²) in [5, 5.41) is 0. The van der Waals surface area contributed by atoms with E-state index < -0.39 is 0 Å². The maximum atomic E-state index is 11.6. The average Bonchev–Trinajstić information content (AvgIpc) is 2.28. The van der Waals surface area contributed by atoms with E-state index in [4.69, 9.17) is 0 Å². The number of carbonyl (C=O) groups excluding carboxylic acids is 1. The van der Waals surface area contributed by atoms with Crippen LogP contribution in [-0.2, 0) is 4.79 Å². The van der Waals surface area contributed by atoms with Gasteiger partial charge in [-0.1, -0.05) is 27.7 Å². The van der Waals surface area contributed by atoms with Crippen molar-refractivity contribution in [1.29, 1.82) is 0 Å². The van der Waals surface area contributed by atoms with Gasteiger partial charge in [0.15, 0.2) is 0 Å². The zero-order valence-electron chi connectivity index (χ0n) is 10.7. The van der Waals surface area contributed by atoms with Crippen molar-refractivity contribution in [2.75, 3.05) is 19.6 Å². The molecule has 0 aromatic rings. The van der Waals surface area contributed by atoms with Crippen LogP contribution in [0.1, 0.15) is 47.0 Å². The molecule has 2 heteroatoms. The van der Waals surface area contributed by atoms with Gasteiger partial charge in [-0.05, 0) is 37.8 Å². The molecule has 0 radical (unpaired) electrons. The lowest BCUT2D eigenvalue weighted by molar-refractivity contribution is -0.123. The zero-order valence-corrected chi connectivity index (χ0v) is 10.7. The predicted molar refractivity (Wildman–Crippen MR) is 63.9 cm³/mol. The Bertz CT molecular complexity index is 221. The highest BCUT2D eigenvalue weighted by molar-refractivity contribution is 5.82. The average molecular weight is 211 g/mol. The van der Waals surface area contributed by atoms with Crippen molar-refractivity contribution in [3.05, 3.63) is 0 Å². The van der Waals surface area contributed by atoms with Crippen LogP contribution in [0.3, 0.4) is 0 Å². The molecule has 0 saturated carbocycles. The zero-order chi connectivity index (χ0) is 11.5. The van der Waals surface area contributed by atoms with Gasteiger partial charge in [-0.3, -0.25) is 9.69 Å². The van der Waals surface area contributed by atoms with Crippen molar-refractivity contribution in [2.24, 2.45) is 11.3 Å². The van der Waals surface area contributed by atoms with E-state index in [0.717, 1.165) is 13.1 Å². The standard InChI is InChI=1S/C13H25NO/c1-11(2)12(15)10-14-8-5-6-13(3,4)7-9-14/h11H,5-10H2,1-4H3. The molecular formula is C13H25NO. The molecule has 0 aromatic carbocycles. The van der Waals surface area contributed by atoms with Crippen LogP contribution in [0.15, 0.2) is 0 Å². The summed E-state index contributed by atoms with van der Waals surface area (Å²) in [5.41, 5.74) is 0.468. The molecule has 2 nitrogen and oxygen atoms in total. The molecule has 1 fully saturated rings. The second-order valence-electron chi connectivity index (χ2n) is 5.91. The Balaban J connectivity index is 2.41. The first-order valence-electron chi connectivity index (χ1n) is 6.16. The maximum absolute atomic E-state index is 11.6. The largest absolute Gasteiger partial charge is 0.298 e. The van der Waals surface area contributed by atoms with E-state index in [1.54, 1.807) is 0 Å². The highest BCUT2D eigenvalue weighted by Gasteiger charge is 2.24. The van der Waals surface area contributed by atoms with E-state index in [1.807, 2.05) is 13.8 Å². The lowest BCUT2D eigenvalue weighted by Crippen LogP contribution is -2.33. The molecule has 1 aliphatic heterocycles. The van der Waals surface area contributed by atoms with Crippen molar-refractivity contribution in [3.63, 3.8) is 0 Å². The van der Waals surface area contributed by atoms with Crippen LogP contribution in [0.5, 0.6) is 0 Å². The summed E-state index contributed by atoms with van der Waals surface area (Å²) >= 11 is 0. The highest BCUT2D eigenvalue weighted by atomic mass is 16.1. The fourth-order valence-corrected chi connectivity index (χ4v) is 2.04. The molecule has 15 heavy (non-hydrogen) atoms. The molecule has 0 atom stereocenters. The first-order chi connectivity index (χ1) is 6.91. The number of Topliss-reactive ketones (excluding diaryl/α,β-unsaturated/α-hetero) is 1. The van der Waals surface area contributed by atoms with Gasteiger partial charge < -0.3 is 0 Å². The lowest BCUT2D eigenvalue weighted by atomic mass is 9.85. The third-order valence-electron chi connectivity index (χ3n) is 3.46. The number of carbonyl (C=O) groups is 1. The van der Waals surface area contributed by atoms with E-state index in [-0.39, 0.29) is 5.92 Å². The van der Waals surface area contributed by atoms with Crippen LogP contribution in [0, 0.1) is 11.3 Å². The van der Waals surface area contributed by atoms with Gasteiger partial charge in [0.05, 0.1) is 6.54 Å². The quantitative estimate of drug-likeness (QED) is 0.715. The topological polar surface area (TPSA) is 20.3 Å². The third kappa shape index (κ3) is 4.33. The molecule has 1 rings (SSSR count). The number of nitrogens with zero attached hydrogens (tertiary/aromatic N) is 1. The van der Waals surface area contributed by atoms with Gasteiger partial charge in [0, 0.05) is 5.92 Å². The van der Waals surface area contributed by atoms with Crippen LogP contribution < -0.4 is 0 Å². The Morgan fingerprint density at radius 2 is 1.93 bits per heavy atom. The Hall–Kier alpha value is -0.370. The summed E-state index contributed by atoms with van der Waals surface area (Å²) in [6.45, 7) is 11.5. The Labute approximate surface area is 94.0 Å². The van der Waals surface area contributed by atoms with Crippen LogP contribution in [0.25, 0.3) is 0 Å². The van der Waals surface area contributed by atoms with Crippen LogP contribution in [-0.4, -0.2) is 30.3 Å². The van der Waals surface area contributed by atoms with Crippen molar-refractivity contribution in [3.8, 4) is 0 Å². The fraction of sp³-hybridized carbons (Fsp3) is 0.923. The molecular weight excluding hydrogens is 186 g/mol. The van der Waals surface area contributed by atoms with Gasteiger partial charge in [0.2, 0.25) is 0 Å². The summed E-state index contributed by atoms with van der Waals surface area (Å²) in [6, 6.07) is 0. The SMILES string of the molecule is CC(C)C(=O)CN1CCCC(C)(C)CC1. The molecule has 1 saturated heterocycles. The lowest BCUT2D eigenvalue weighted by Gasteiger charge is -2.23. The van der Waals surface area contributed by atoms with Gasteiger partial charge in [-0.2, -0.15) is 0 Å². The molecule has 0 bridgehead atoms. The van der Waals surface area contributed by atoms with E-state index >= 15 is 0 Å². The normalized spacial score (nSPS) is 22.7. The summed E-state index contributed by atoms with van der Waals surface area (Å²) in [4.78, 5) is 14.0. The summed E-state index contributed by atoms with van der Waals surface area (Å²) in [7, 11) is 0. The predicted octanol–water partition coefficient (Wildman–Crippen LogP) is 2.72. The Morgan fingerprint density at radius 3 is 2.53 bits per heavy atom. The van der Waals surface area contributed by atoms with Crippen molar-refractivity contribution in [2.45, 2.75) is 47.0 Å². The number of rotatable bonds is 3. The molecule has 0 N–H and O–H groups in total. The summed E-state index contributed by atoms with van der Waals surface area (Å²) in [6.07, 6.45) is 3.75. The molecule has 0 amide bonds. The Morgan fingerprint density at radius 1 is 1.27 bits per heavy atom. The minimum absolute atomic E-state index is 0.182. The number of hydrogen-bond donors (Lipinski definition) is 0. The third-order valence-corrected chi connectivity index (χ3v) is 3.46. The minimum Gasteiger partial charge on any atom is -0.298 e.